The molecule has 0 saturated heterocycles. The van der Waals surface area contributed by atoms with Crippen LogP contribution in [0.1, 0.15) is 6.92 Å². The Hall–Kier alpha value is -3.33. The van der Waals surface area contributed by atoms with Crippen molar-refractivity contribution in [1.29, 1.82) is 0 Å². The average molecular weight is 426 g/mol. The van der Waals surface area contributed by atoms with Crippen LogP contribution >= 0.6 is 11.8 Å². The van der Waals surface area contributed by atoms with Crippen LogP contribution in [0.2, 0.25) is 0 Å². The van der Waals surface area contributed by atoms with E-state index in [-0.39, 0.29) is 18.5 Å². The first-order valence-corrected chi connectivity index (χ1v) is 10.1. The maximum Gasteiger partial charge on any atom is 0.237 e. The summed E-state index contributed by atoms with van der Waals surface area (Å²) in [5.74, 6) is 1.33. The van der Waals surface area contributed by atoms with Gasteiger partial charge in [-0.3, -0.25) is 9.36 Å². The molecule has 1 aliphatic heterocycles. The van der Waals surface area contributed by atoms with Crippen LogP contribution in [-0.2, 0) is 11.3 Å². The maximum atomic E-state index is 13.2. The highest BCUT2D eigenvalue weighted by Crippen LogP contribution is 2.34. The van der Waals surface area contributed by atoms with Gasteiger partial charge in [0.2, 0.25) is 12.7 Å². The minimum Gasteiger partial charge on any atom is -0.454 e. The van der Waals surface area contributed by atoms with Crippen LogP contribution in [0, 0.1) is 5.82 Å². The Kier molecular flexibility index (Phi) is 5.71. The lowest BCUT2D eigenvalue weighted by atomic mass is 10.2. The highest BCUT2D eigenvalue weighted by atomic mass is 32.2. The molecule has 1 aromatic heterocycles. The van der Waals surface area contributed by atoms with Crippen LogP contribution in [0.15, 0.2) is 60.3 Å². The number of amides is 1. The molecular formula is C21H19FN4O3S. The molecule has 7 nitrogen and oxygen atoms in total. The zero-order chi connectivity index (χ0) is 21.1. The largest absolute Gasteiger partial charge is 0.454 e. The Bertz CT molecular complexity index is 1080. The lowest BCUT2D eigenvalue weighted by Gasteiger charge is -2.13. The number of benzene rings is 2. The molecule has 0 saturated carbocycles. The molecule has 9 heteroatoms. The summed E-state index contributed by atoms with van der Waals surface area (Å²) in [6, 6.07) is 11.3. The zero-order valence-corrected chi connectivity index (χ0v) is 17.0. The van der Waals surface area contributed by atoms with Gasteiger partial charge in [0.05, 0.1) is 5.25 Å². The van der Waals surface area contributed by atoms with Gasteiger partial charge in [0, 0.05) is 23.9 Å². The summed E-state index contributed by atoms with van der Waals surface area (Å²) in [4.78, 5) is 12.7. The summed E-state index contributed by atoms with van der Waals surface area (Å²) in [6.45, 7) is 6.20. The van der Waals surface area contributed by atoms with E-state index in [0.29, 0.717) is 34.7 Å². The van der Waals surface area contributed by atoms with Crippen molar-refractivity contribution in [1.82, 2.24) is 14.8 Å². The van der Waals surface area contributed by atoms with Gasteiger partial charge in [-0.1, -0.05) is 17.8 Å². The van der Waals surface area contributed by atoms with Crippen molar-refractivity contribution in [2.24, 2.45) is 0 Å². The molecule has 0 unspecified atom stereocenters. The molecule has 2 heterocycles. The molecule has 154 valence electrons. The van der Waals surface area contributed by atoms with Gasteiger partial charge >= 0.3 is 0 Å². The van der Waals surface area contributed by atoms with Crippen molar-refractivity contribution in [2.45, 2.75) is 23.9 Å². The molecule has 1 atom stereocenters. The average Bonchev–Trinajstić information content (AvgIpc) is 3.36. The molecule has 1 aliphatic rings. The molecule has 4 rings (SSSR count). The molecule has 2 aromatic carbocycles. The van der Waals surface area contributed by atoms with Crippen LogP contribution < -0.4 is 14.8 Å². The van der Waals surface area contributed by atoms with E-state index in [1.54, 1.807) is 43.3 Å². The quantitative estimate of drug-likeness (QED) is 0.452. The van der Waals surface area contributed by atoms with Gasteiger partial charge in [0.25, 0.3) is 0 Å². The Morgan fingerprint density at radius 2 is 2.03 bits per heavy atom. The number of allylic oxidation sites excluding steroid dienone is 1. The van der Waals surface area contributed by atoms with E-state index in [1.165, 1.54) is 23.9 Å². The van der Waals surface area contributed by atoms with Gasteiger partial charge in [-0.15, -0.1) is 16.8 Å². The minimum absolute atomic E-state index is 0.175. The summed E-state index contributed by atoms with van der Waals surface area (Å²) < 4.78 is 25.7. The van der Waals surface area contributed by atoms with E-state index < -0.39 is 5.25 Å². The van der Waals surface area contributed by atoms with Crippen LogP contribution in [-0.4, -0.2) is 32.7 Å². The molecule has 0 spiro atoms. The fourth-order valence-corrected chi connectivity index (χ4v) is 3.77. The fraction of sp³-hybridized carbons (Fsp3) is 0.190. The smallest absolute Gasteiger partial charge is 0.237 e. The molecule has 0 bridgehead atoms. The van der Waals surface area contributed by atoms with Crippen molar-refractivity contribution in [3.8, 4) is 22.9 Å². The van der Waals surface area contributed by atoms with Crippen molar-refractivity contribution in [2.75, 3.05) is 12.1 Å². The van der Waals surface area contributed by atoms with E-state index in [1.807, 2.05) is 4.57 Å². The van der Waals surface area contributed by atoms with Crippen molar-refractivity contribution >= 4 is 23.4 Å². The monoisotopic (exact) mass is 426 g/mol. The molecule has 30 heavy (non-hydrogen) atoms. The molecule has 1 amide bonds. The first kappa shape index (κ1) is 20.0. The third-order valence-electron chi connectivity index (χ3n) is 4.42. The van der Waals surface area contributed by atoms with Crippen molar-refractivity contribution in [3.05, 3.63) is 60.9 Å². The SMILES string of the molecule is C=CCn1c(S[C@@H](C)C(=O)Nc2ccc3c(c2)OCO3)nnc1-c1ccc(F)cc1. The number of nitrogens with zero attached hydrogens (tertiary/aromatic N) is 3. The number of nitrogens with one attached hydrogen (secondary N) is 1. The number of carbonyl (C=O) groups excluding carboxylic acids is 1. The fourth-order valence-electron chi connectivity index (χ4n) is 2.91. The number of thioether (sulfide) groups is 1. The van der Waals surface area contributed by atoms with Crippen molar-refractivity contribution < 1.29 is 18.7 Å². The highest BCUT2D eigenvalue weighted by Gasteiger charge is 2.21. The van der Waals surface area contributed by atoms with Gasteiger partial charge in [-0.05, 0) is 43.3 Å². The Balaban J connectivity index is 1.49. The second-order valence-corrected chi connectivity index (χ2v) is 7.84. The third-order valence-corrected chi connectivity index (χ3v) is 5.50. The summed E-state index contributed by atoms with van der Waals surface area (Å²) in [5, 5.41) is 11.5. The van der Waals surface area contributed by atoms with E-state index in [9.17, 15) is 9.18 Å². The molecule has 1 N–H and O–H groups in total. The lowest BCUT2D eigenvalue weighted by Crippen LogP contribution is -2.23. The molecule has 0 fully saturated rings. The lowest BCUT2D eigenvalue weighted by molar-refractivity contribution is -0.115. The Morgan fingerprint density at radius 3 is 2.80 bits per heavy atom. The number of aromatic nitrogens is 3. The summed E-state index contributed by atoms with van der Waals surface area (Å²) in [5.41, 5.74) is 1.35. The van der Waals surface area contributed by atoms with E-state index in [2.05, 4.69) is 22.1 Å². The normalized spacial score (nSPS) is 13.1. The van der Waals surface area contributed by atoms with Crippen LogP contribution in [0.4, 0.5) is 10.1 Å². The number of anilines is 1. The topological polar surface area (TPSA) is 78.3 Å². The number of halogens is 1. The van der Waals surface area contributed by atoms with Crippen LogP contribution in [0.25, 0.3) is 11.4 Å². The Labute approximate surface area is 176 Å². The van der Waals surface area contributed by atoms with Gasteiger partial charge in [-0.2, -0.15) is 0 Å². The van der Waals surface area contributed by atoms with Crippen molar-refractivity contribution in [3.63, 3.8) is 0 Å². The predicted molar refractivity (Wildman–Crippen MR) is 112 cm³/mol. The third kappa shape index (κ3) is 4.16. The molecule has 3 aromatic rings. The number of hydrogen-bond acceptors (Lipinski definition) is 6. The van der Waals surface area contributed by atoms with E-state index in [4.69, 9.17) is 9.47 Å². The first-order chi connectivity index (χ1) is 14.5. The second kappa shape index (κ2) is 8.58. The number of carbonyl (C=O) groups is 1. The van der Waals surface area contributed by atoms with E-state index >= 15 is 0 Å². The second-order valence-electron chi connectivity index (χ2n) is 6.53. The summed E-state index contributed by atoms with van der Waals surface area (Å²) in [6.07, 6.45) is 1.72. The Morgan fingerprint density at radius 1 is 1.27 bits per heavy atom. The molecule has 0 aliphatic carbocycles. The zero-order valence-electron chi connectivity index (χ0n) is 16.2. The minimum atomic E-state index is -0.441. The maximum absolute atomic E-state index is 13.2. The highest BCUT2D eigenvalue weighted by molar-refractivity contribution is 8.00. The predicted octanol–water partition coefficient (Wildman–Crippen LogP) is 4.12. The number of ether oxygens (including phenoxy) is 2. The summed E-state index contributed by atoms with van der Waals surface area (Å²) in [7, 11) is 0. The van der Waals surface area contributed by atoms with Crippen LogP contribution in [0.5, 0.6) is 11.5 Å². The standard InChI is InChI=1S/C21H19FN4O3S/c1-3-10-26-19(14-4-6-15(22)7-5-14)24-25-21(26)30-13(2)20(27)23-16-8-9-17-18(11-16)29-12-28-17/h3-9,11,13H,1,10,12H2,2H3,(H,23,27)/t13-/m0/s1. The van der Waals surface area contributed by atoms with Crippen LogP contribution in [0.3, 0.4) is 0 Å². The van der Waals surface area contributed by atoms with Gasteiger partial charge in [0.1, 0.15) is 5.82 Å². The molecule has 0 radical (unpaired) electrons. The molecular weight excluding hydrogens is 407 g/mol. The van der Waals surface area contributed by atoms with E-state index in [0.717, 1.165) is 5.56 Å². The van der Waals surface area contributed by atoms with Gasteiger partial charge in [-0.25, -0.2) is 4.39 Å². The number of fused-ring (bicyclic) bond motifs is 1. The summed E-state index contributed by atoms with van der Waals surface area (Å²) >= 11 is 1.28. The first-order valence-electron chi connectivity index (χ1n) is 9.22. The number of rotatable bonds is 7. The van der Waals surface area contributed by atoms with Gasteiger partial charge < -0.3 is 14.8 Å². The number of hydrogen-bond donors (Lipinski definition) is 1. The van der Waals surface area contributed by atoms with Gasteiger partial charge in [0.15, 0.2) is 22.5 Å².